The molecule has 1 heterocycles. The third-order valence-corrected chi connectivity index (χ3v) is 4.84. The van der Waals surface area contributed by atoms with Gasteiger partial charge in [0.1, 0.15) is 0 Å². The highest BCUT2D eigenvalue weighted by atomic mass is 35.5. The third kappa shape index (κ3) is 3.85. The van der Waals surface area contributed by atoms with Crippen molar-refractivity contribution in [1.82, 2.24) is 0 Å². The van der Waals surface area contributed by atoms with Crippen LogP contribution in [0.3, 0.4) is 0 Å². The van der Waals surface area contributed by atoms with E-state index in [0.29, 0.717) is 17.3 Å². The van der Waals surface area contributed by atoms with Gasteiger partial charge in [0, 0.05) is 29.4 Å². The molecule has 5 heteroatoms. The molecular weight excluding hydrogens is 336 g/mol. The predicted octanol–water partition coefficient (Wildman–Crippen LogP) is 4.20. The largest absolute Gasteiger partial charge is 0.325 e. The summed E-state index contributed by atoms with van der Waals surface area (Å²) >= 11 is 6.00. The fraction of sp³-hybridized carbons (Fsp3) is 0.300. The number of carbonyl (C=O) groups is 2. The first kappa shape index (κ1) is 17.5. The SMILES string of the molecule is CCc1ccc(N2C[C@H](C(=O)Nc3cc(Cl)ccc3C)CC2=O)cc1. The van der Waals surface area contributed by atoms with E-state index in [-0.39, 0.29) is 24.2 Å². The number of nitrogens with one attached hydrogen (secondary N) is 1. The van der Waals surface area contributed by atoms with Gasteiger partial charge in [-0.2, -0.15) is 0 Å². The number of hydrogen-bond donors (Lipinski definition) is 1. The van der Waals surface area contributed by atoms with E-state index in [2.05, 4.69) is 12.2 Å². The van der Waals surface area contributed by atoms with E-state index in [4.69, 9.17) is 11.6 Å². The average molecular weight is 357 g/mol. The smallest absolute Gasteiger partial charge is 0.229 e. The molecule has 2 aromatic rings. The van der Waals surface area contributed by atoms with E-state index < -0.39 is 0 Å². The van der Waals surface area contributed by atoms with E-state index in [1.807, 2.05) is 37.3 Å². The molecule has 0 unspecified atom stereocenters. The summed E-state index contributed by atoms with van der Waals surface area (Å²) in [5.41, 5.74) is 3.70. The Kier molecular flexibility index (Phi) is 5.09. The van der Waals surface area contributed by atoms with Crippen LogP contribution in [0.2, 0.25) is 5.02 Å². The Morgan fingerprint density at radius 2 is 1.96 bits per heavy atom. The zero-order valence-electron chi connectivity index (χ0n) is 14.4. The normalized spacial score (nSPS) is 17.0. The lowest BCUT2D eigenvalue weighted by molar-refractivity contribution is -0.122. The first-order valence-corrected chi connectivity index (χ1v) is 8.82. The van der Waals surface area contributed by atoms with Crippen LogP contribution in [0.4, 0.5) is 11.4 Å². The zero-order chi connectivity index (χ0) is 18.0. The molecule has 1 fully saturated rings. The number of aryl methyl sites for hydroxylation is 2. The molecule has 25 heavy (non-hydrogen) atoms. The number of anilines is 2. The highest BCUT2D eigenvalue weighted by Gasteiger charge is 2.35. The van der Waals surface area contributed by atoms with Gasteiger partial charge in [0.25, 0.3) is 0 Å². The second-order valence-corrected chi connectivity index (χ2v) is 6.81. The molecule has 0 radical (unpaired) electrons. The van der Waals surface area contributed by atoms with Crippen LogP contribution in [-0.4, -0.2) is 18.4 Å². The van der Waals surface area contributed by atoms with E-state index >= 15 is 0 Å². The van der Waals surface area contributed by atoms with Crippen LogP contribution in [0.15, 0.2) is 42.5 Å². The molecule has 4 nitrogen and oxygen atoms in total. The monoisotopic (exact) mass is 356 g/mol. The molecule has 0 spiro atoms. The molecule has 1 N–H and O–H groups in total. The highest BCUT2D eigenvalue weighted by Crippen LogP contribution is 2.27. The molecule has 1 atom stereocenters. The Balaban J connectivity index is 1.70. The van der Waals surface area contributed by atoms with Gasteiger partial charge in [-0.1, -0.05) is 36.7 Å². The van der Waals surface area contributed by atoms with Crippen molar-refractivity contribution in [2.24, 2.45) is 5.92 Å². The van der Waals surface area contributed by atoms with Crippen molar-refractivity contribution in [3.63, 3.8) is 0 Å². The Labute approximate surface area is 152 Å². The van der Waals surface area contributed by atoms with Gasteiger partial charge in [-0.25, -0.2) is 0 Å². The zero-order valence-corrected chi connectivity index (χ0v) is 15.1. The van der Waals surface area contributed by atoms with Crippen LogP contribution in [-0.2, 0) is 16.0 Å². The van der Waals surface area contributed by atoms with Crippen LogP contribution in [0.25, 0.3) is 0 Å². The Bertz CT molecular complexity index is 802. The molecule has 2 amide bonds. The van der Waals surface area contributed by atoms with Crippen molar-refractivity contribution in [1.29, 1.82) is 0 Å². The molecule has 3 rings (SSSR count). The van der Waals surface area contributed by atoms with Gasteiger partial charge < -0.3 is 10.2 Å². The first-order valence-electron chi connectivity index (χ1n) is 8.44. The second-order valence-electron chi connectivity index (χ2n) is 6.37. The van der Waals surface area contributed by atoms with E-state index in [1.54, 1.807) is 17.0 Å². The lowest BCUT2D eigenvalue weighted by Gasteiger charge is -2.17. The van der Waals surface area contributed by atoms with Gasteiger partial charge in [-0.3, -0.25) is 9.59 Å². The highest BCUT2D eigenvalue weighted by molar-refractivity contribution is 6.31. The minimum absolute atomic E-state index is 0.0211. The number of nitrogens with zero attached hydrogens (tertiary/aromatic N) is 1. The first-order chi connectivity index (χ1) is 12.0. The number of carbonyl (C=O) groups excluding carboxylic acids is 2. The third-order valence-electron chi connectivity index (χ3n) is 4.61. The molecule has 2 aromatic carbocycles. The average Bonchev–Trinajstić information content (AvgIpc) is 3.00. The maximum absolute atomic E-state index is 12.6. The van der Waals surface area contributed by atoms with Crippen LogP contribution in [0.5, 0.6) is 0 Å². The minimum atomic E-state index is -0.364. The van der Waals surface area contributed by atoms with E-state index in [9.17, 15) is 9.59 Å². The maximum atomic E-state index is 12.6. The van der Waals surface area contributed by atoms with Crippen molar-refractivity contribution < 1.29 is 9.59 Å². The van der Waals surface area contributed by atoms with Crippen molar-refractivity contribution in [2.45, 2.75) is 26.7 Å². The quantitative estimate of drug-likeness (QED) is 0.892. The summed E-state index contributed by atoms with van der Waals surface area (Å²) in [7, 11) is 0. The summed E-state index contributed by atoms with van der Waals surface area (Å²) in [6.45, 7) is 4.40. The fourth-order valence-corrected chi connectivity index (χ4v) is 3.18. The summed E-state index contributed by atoms with van der Waals surface area (Å²) < 4.78 is 0. The van der Waals surface area contributed by atoms with Gasteiger partial charge in [-0.15, -0.1) is 0 Å². The van der Waals surface area contributed by atoms with Crippen molar-refractivity contribution in [3.05, 3.63) is 58.6 Å². The molecule has 0 saturated carbocycles. The number of hydrogen-bond acceptors (Lipinski definition) is 2. The Morgan fingerprint density at radius 3 is 2.64 bits per heavy atom. The summed E-state index contributed by atoms with van der Waals surface area (Å²) in [6.07, 6.45) is 1.18. The number of benzene rings is 2. The molecule has 0 bridgehead atoms. The molecular formula is C20H21ClN2O2. The standard InChI is InChI=1S/C20H21ClN2O2/c1-3-14-5-8-17(9-6-14)23-12-15(10-19(23)24)20(25)22-18-11-16(21)7-4-13(18)2/h4-9,11,15H,3,10,12H2,1-2H3,(H,22,25)/t15-/m1/s1. The summed E-state index contributed by atoms with van der Waals surface area (Å²) in [5, 5.41) is 3.47. The lowest BCUT2D eigenvalue weighted by atomic mass is 10.1. The Hall–Kier alpha value is -2.33. The summed E-state index contributed by atoms with van der Waals surface area (Å²) in [4.78, 5) is 26.6. The van der Waals surface area contributed by atoms with Crippen LogP contribution in [0, 0.1) is 12.8 Å². The van der Waals surface area contributed by atoms with Gasteiger partial charge in [0.05, 0.1) is 5.92 Å². The summed E-state index contributed by atoms with van der Waals surface area (Å²) in [6, 6.07) is 13.3. The topological polar surface area (TPSA) is 49.4 Å². The van der Waals surface area contributed by atoms with Crippen molar-refractivity contribution in [2.75, 3.05) is 16.8 Å². The van der Waals surface area contributed by atoms with Crippen molar-refractivity contribution >= 4 is 34.8 Å². The molecule has 0 aliphatic carbocycles. The van der Waals surface area contributed by atoms with Crippen LogP contribution in [0.1, 0.15) is 24.5 Å². The number of halogens is 1. The van der Waals surface area contributed by atoms with Gasteiger partial charge in [-0.05, 0) is 48.7 Å². The second kappa shape index (κ2) is 7.28. The van der Waals surface area contributed by atoms with Gasteiger partial charge in [0.2, 0.25) is 11.8 Å². The predicted molar refractivity (Wildman–Crippen MR) is 101 cm³/mol. The van der Waals surface area contributed by atoms with Crippen molar-refractivity contribution in [3.8, 4) is 0 Å². The lowest BCUT2D eigenvalue weighted by Crippen LogP contribution is -2.28. The molecule has 1 aliphatic rings. The fourth-order valence-electron chi connectivity index (χ4n) is 3.01. The molecule has 1 saturated heterocycles. The number of amides is 2. The minimum Gasteiger partial charge on any atom is -0.325 e. The number of rotatable bonds is 4. The summed E-state index contributed by atoms with van der Waals surface area (Å²) in [5.74, 6) is -0.532. The Morgan fingerprint density at radius 1 is 1.24 bits per heavy atom. The van der Waals surface area contributed by atoms with Crippen LogP contribution >= 0.6 is 11.6 Å². The van der Waals surface area contributed by atoms with E-state index in [0.717, 1.165) is 17.7 Å². The molecule has 0 aromatic heterocycles. The molecule has 130 valence electrons. The van der Waals surface area contributed by atoms with Gasteiger partial charge in [0.15, 0.2) is 0 Å². The van der Waals surface area contributed by atoms with E-state index in [1.165, 1.54) is 5.56 Å². The maximum Gasteiger partial charge on any atom is 0.229 e. The van der Waals surface area contributed by atoms with Crippen LogP contribution < -0.4 is 10.2 Å². The molecule has 1 aliphatic heterocycles. The van der Waals surface area contributed by atoms with Gasteiger partial charge >= 0.3 is 0 Å².